The van der Waals surface area contributed by atoms with Crippen LogP contribution < -0.4 is 4.74 Å². The third-order valence-corrected chi connectivity index (χ3v) is 8.89. The smallest absolute Gasteiger partial charge is 0.290 e. The van der Waals surface area contributed by atoms with Gasteiger partial charge in [-0.25, -0.2) is 4.98 Å². The molecular formula is C37H41N7O6. The lowest BCUT2D eigenvalue weighted by atomic mass is 10.1. The Morgan fingerprint density at radius 3 is 2.46 bits per heavy atom. The van der Waals surface area contributed by atoms with Crippen LogP contribution in [0.4, 0.5) is 0 Å². The van der Waals surface area contributed by atoms with Crippen LogP contribution >= 0.6 is 0 Å². The number of imidazole rings is 1. The highest BCUT2D eigenvalue weighted by atomic mass is 16.5. The van der Waals surface area contributed by atoms with E-state index in [0.29, 0.717) is 81.2 Å². The van der Waals surface area contributed by atoms with Gasteiger partial charge in [-0.1, -0.05) is 35.5 Å². The zero-order valence-electron chi connectivity index (χ0n) is 28.5. The van der Waals surface area contributed by atoms with E-state index in [4.69, 9.17) is 19.2 Å². The second-order valence-corrected chi connectivity index (χ2v) is 12.0. The van der Waals surface area contributed by atoms with Crippen molar-refractivity contribution in [2.75, 3.05) is 32.8 Å². The Labute approximate surface area is 290 Å². The minimum Gasteiger partial charge on any atom is -0.494 e. The van der Waals surface area contributed by atoms with Gasteiger partial charge in [-0.15, -0.1) is 0 Å². The Morgan fingerprint density at radius 1 is 0.980 bits per heavy atom. The third-order valence-electron chi connectivity index (χ3n) is 8.89. The second-order valence-electron chi connectivity index (χ2n) is 12.0. The molecule has 0 aliphatic carbocycles. The molecule has 0 saturated heterocycles. The van der Waals surface area contributed by atoms with Gasteiger partial charge in [-0.05, 0) is 58.2 Å². The first-order chi connectivity index (χ1) is 24.3. The summed E-state index contributed by atoms with van der Waals surface area (Å²) in [4.78, 5) is 44.4. The van der Waals surface area contributed by atoms with Crippen LogP contribution in [0.3, 0.4) is 0 Å². The largest absolute Gasteiger partial charge is 0.494 e. The number of carboxylic acid groups (broad SMARTS) is 1. The molecule has 6 rings (SSSR count). The number of hydrogen-bond acceptors (Lipinski definition) is 8. The molecule has 260 valence electrons. The van der Waals surface area contributed by atoms with E-state index in [1.807, 2.05) is 76.0 Å². The van der Waals surface area contributed by atoms with Crippen LogP contribution in [0.2, 0.25) is 0 Å². The van der Waals surface area contributed by atoms with Crippen LogP contribution in [0.1, 0.15) is 52.3 Å². The van der Waals surface area contributed by atoms with Crippen molar-refractivity contribution < 1.29 is 28.8 Å². The Kier molecular flexibility index (Phi) is 11.7. The van der Waals surface area contributed by atoms with Gasteiger partial charge in [0.1, 0.15) is 35.5 Å². The van der Waals surface area contributed by atoms with Crippen molar-refractivity contribution in [3.05, 3.63) is 89.2 Å². The average Bonchev–Trinajstić information content (AvgIpc) is 3.80. The van der Waals surface area contributed by atoms with E-state index >= 15 is 0 Å². The number of aryl methyl sites for hydroxylation is 2. The lowest BCUT2D eigenvalue weighted by molar-refractivity contribution is -0.132. The van der Waals surface area contributed by atoms with E-state index in [2.05, 4.69) is 20.8 Å². The summed E-state index contributed by atoms with van der Waals surface area (Å²) in [7, 11) is 0. The van der Waals surface area contributed by atoms with Crippen molar-refractivity contribution in [2.45, 2.75) is 53.1 Å². The Bertz CT molecular complexity index is 1980. The number of aromatic nitrogens is 4. The van der Waals surface area contributed by atoms with Crippen molar-refractivity contribution in [3.8, 4) is 23.2 Å². The molecule has 13 heteroatoms. The van der Waals surface area contributed by atoms with Crippen LogP contribution in [0, 0.1) is 32.1 Å². The molecule has 5 aromatic rings. The SMILES string of the molecule is Cc1noc(C)c1C(=O)N1CCCCN(C(=O)Cn2c(C)c(C#N)c3ccccc32)CCn2ccnc2-c2cccc(c2)OCCC1.O=CO. The molecule has 2 bridgehead atoms. The summed E-state index contributed by atoms with van der Waals surface area (Å²) in [6, 6.07) is 17.9. The van der Waals surface area contributed by atoms with Gasteiger partial charge in [0.05, 0.1) is 23.4 Å². The maximum absolute atomic E-state index is 14.0. The minimum absolute atomic E-state index is 0.0306. The summed E-state index contributed by atoms with van der Waals surface area (Å²) in [5.74, 6) is 1.90. The summed E-state index contributed by atoms with van der Waals surface area (Å²) in [6.45, 7) is 8.35. The van der Waals surface area contributed by atoms with Crippen molar-refractivity contribution in [1.82, 2.24) is 29.1 Å². The summed E-state index contributed by atoms with van der Waals surface area (Å²) in [6.07, 6.45) is 5.77. The fraction of sp³-hybridized carbons (Fsp3) is 0.351. The summed E-state index contributed by atoms with van der Waals surface area (Å²) < 4.78 is 15.4. The first kappa shape index (κ1) is 35.4. The van der Waals surface area contributed by atoms with Gasteiger partial charge in [0.15, 0.2) is 0 Å². The van der Waals surface area contributed by atoms with Gasteiger partial charge in [-0.2, -0.15) is 5.26 Å². The normalized spacial score (nSPS) is 14.0. The van der Waals surface area contributed by atoms with E-state index in [-0.39, 0.29) is 24.8 Å². The minimum atomic E-state index is -0.250. The molecule has 0 radical (unpaired) electrons. The van der Waals surface area contributed by atoms with Crippen LogP contribution in [-0.2, 0) is 22.7 Å². The molecule has 0 saturated carbocycles. The Morgan fingerprint density at radius 2 is 1.72 bits per heavy atom. The van der Waals surface area contributed by atoms with Crippen molar-refractivity contribution in [1.29, 1.82) is 5.26 Å². The zero-order chi connectivity index (χ0) is 35.6. The van der Waals surface area contributed by atoms with Gasteiger partial charge in [0.2, 0.25) is 5.91 Å². The molecule has 1 N–H and O–H groups in total. The second kappa shape index (κ2) is 16.5. The summed E-state index contributed by atoms with van der Waals surface area (Å²) >= 11 is 0. The average molecular weight is 680 g/mol. The monoisotopic (exact) mass is 679 g/mol. The topological polar surface area (TPSA) is 160 Å². The van der Waals surface area contributed by atoms with Crippen LogP contribution in [0.25, 0.3) is 22.3 Å². The molecule has 0 spiro atoms. The number of fused-ring (bicyclic) bond motifs is 5. The molecule has 2 amide bonds. The highest BCUT2D eigenvalue weighted by molar-refractivity contribution is 5.96. The Hall–Kier alpha value is -5.90. The lowest BCUT2D eigenvalue weighted by Crippen LogP contribution is -2.38. The number of carbonyl (C=O) groups is 3. The van der Waals surface area contributed by atoms with E-state index < -0.39 is 0 Å². The first-order valence-corrected chi connectivity index (χ1v) is 16.6. The number of amides is 2. The zero-order valence-corrected chi connectivity index (χ0v) is 28.5. The maximum atomic E-state index is 14.0. The molecule has 1 aliphatic rings. The number of rotatable bonds is 3. The number of carbonyl (C=O) groups excluding carboxylic acids is 2. The number of hydrogen-bond donors (Lipinski definition) is 1. The van der Waals surface area contributed by atoms with E-state index in [1.54, 1.807) is 20.0 Å². The summed E-state index contributed by atoms with van der Waals surface area (Å²) in [5, 5.41) is 21.6. The van der Waals surface area contributed by atoms with Gasteiger partial charge in [0, 0.05) is 61.8 Å². The van der Waals surface area contributed by atoms with E-state index in [0.717, 1.165) is 33.7 Å². The maximum Gasteiger partial charge on any atom is 0.290 e. The molecular weight excluding hydrogens is 638 g/mol. The number of nitriles is 1. The van der Waals surface area contributed by atoms with Crippen LogP contribution in [0.15, 0.2) is 65.4 Å². The highest BCUT2D eigenvalue weighted by Gasteiger charge is 2.24. The Balaban J connectivity index is 0.00000156. The molecule has 0 atom stereocenters. The van der Waals surface area contributed by atoms with E-state index in [9.17, 15) is 14.9 Å². The molecule has 2 aromatic carbocycles. The molecule has 13 nitrogen and oxygen atoms in total. The van der Waals surface area contributed by atoms with Crippen molar-refractivity contribution in [3.63, 3.8) is 0 Å². The molecule has 50 heavy (non-hydrogen) atoms. The quantitative estimate of drug-likeness (QED) is 0.252. The van der Waals surface area contributed by atoms with Crippen LogP contribution in [-0.4, -0.2) is 85.3 Å². The highest BCUT2D eigenvalue weighted by Crippen LogP contribution is 2.26. The molecule has 4 heterocycles. The van der Waals surface area contributed by atoms with Crippen LogP contribution in [0.5, 0.6) is 5.75 Å². The van der Waals surface area contributed by atoms with Gasteiger partial charge in [0.25, 0.3) is 12.4 Å². The molecule has 0 unspecified atom stereocenters. The fourth-order valence-electron chi connectivity index (χ4n) is 6.39. The number of benzene rings is 2. The van der Waals surface area contributed by atoms with E-state index in [1.165, 1.54) is 0 Å². The van der Waals surface area contributed by atoms with Crippen molar-refractivity contribution >= 4 is 29.2 Å². The summed E-state index contributed by atoms with van der Waals surface area (Å²) in [5.41, 5.74) is 4.23. The lowest BCUT2D eigenvalue weighted by Gasteiger charge is -2.26. The number of para-hydroxylation sites is 1. The molecule has 3 aromatic heterocycles. The van der Waals surface area contributed by atoms with Gasteiger partial charge < -0.3 is 33.3 Å². The number of nitrogens with zero attached hydrogens (tertiary/aromatic N) is 7. The number of ether oxygens (including phenoxy) is 1. The molecule has 1 aliphatic heterocycles. The predicted octanol–water partition coefficient (Wildman–Crippen LogP) is 5.22. The standard InChI is InChI=1S/C36H39N7O4.CH2O2/c1-25-34(27(3)47-39-25)36(45)42-16-7-6-15-40(33(44)24-43-26(2)31(23-37)30-12-4-5-13-32(30)43)19-20-41-18-14-38-35(41)28-10-8-11-29(22-28)46-21-9-17-42;2-1-3/h4-5,8,10-14,18,22H,6-7,9,15-17,19-21,24H2,1-3H3;1H,(H,2,3). The molecule has 0 fully saturated rings. The predicted molar refractivity (Wildman–Crippen MR) is 186 cm³/mol. The van der Waals surface area contributed by atoms with Gasteiger partial charge in [-0.3, -0.25) is 14.4 Å². The first-order valence-electron chi connectivity index (χ1n) is 16.6. The van der Waals surface area contributed by atoms with Gasteiger partial charge >= 0.3 is 0 Å². The third kappa shape index (κ3) is 7.86. The van der Waals surface area contributed by atoms with Crippen molar-refractivity contribution in [2.24, 2.45) is 0 Å². The fourth-order valence-corrected chi connectivity index (χ4v) is 6.39.